The minimum atomic E-state index is -0.223. The fraction of sp³-hybridized carbons (Fsp3) is 0.500. The molecule has 0 aromatic heterocycles. The van der Waals surface area contributed by atoms with Gasteiger partial charge >= 0.3 is 0 Å². The van der Waals surface area contributed by atoms with Crippen molar-refractivity contribution in [3.8, 4) is 0 Å². The maximum atomic E-state index is 11.8. The number of hydrogen-bond donors (Lipinski definition) is 1. The highest BCUT2D eigenvalue weighted by atomic mass is 32.2. The van der Waals surface area contributed by atoms with E-state index in [0.717, 1.165) is 22.3 Å². The Hall–Kier alpha value is -0.790. The summed E-state index contributed by atoms with van der Waals surface area (Å²) in [5, 5.41) is 2.32. The van der Waals surface area contributed by atoms with Crippen molar-refractivity contribution in [2.24, 2.45) is 5.84 Å². The number of amides is 1. The van der Waals surface area contributed by atoms with Gasteiger partial charge in [0.25, 0.3) is 5.91 Å². The van der Waals surface area contributed by atoms with Crippen molar-refractivity contribution in [1.82, 2.24) is 14.8 Å². The maximum Gasteiger partial charge on any atom is 0.293 e. The second-order valence-corrected chi connectivity index (χ2v) is 4.89. The number of nitrogens with two attached hydrogens (primary N) is 1. The van der Waals surface area contributed by atoms with Crippen LogP contribution in [0.15, 0.2) is 10.7 Å². The van der Waals surface area contributed by atoms with Crippen molar-refractivity contribution >= 4 is 35.0 Å². The third-order valence-corrected chi connectivity index (χ3v) is 4.10. The lowest BCUT2D eigenvalue weighted by Gasteiger charge is -2.17. The minimum Gasteiger partial charge on any atom is -0.367 e. The van der Waals surface area contributed by atoms with Crippen LogP contribution in [0.5, 0.6) is 0 Å². The third kappa shape index (κ3) is 1.51. The molecule has 0 aromatic rings. The molecular formula is C8H12N4OS2. The molecule has 0 bridgehead atoms. The number of carbonyl (C=O) groups is 1. The average Bonchev–Trinajstić information content (AvgIpc) is 2.68. The molecule has 0 aliphatic carbocycles. The normalized spacial score (nSPS) is 27.3. The second kappa shape index (κ2) is 3.66. The molecule has 2 fully saturated rings. The molecule has 2 N–H and O–H groups in total. The van der Waals surface area contributed by atoms with Crippen molar-refractivity contribution in [3.05, 3.63) is 10.7 Å². The Balaban J connectivity index is 2.45. The van der Waals surface area contributed by atoms with E-state index >= 15 is 0 Å². The Morgan fingerprint density at radius 3 is 2.53 bits per heavy atom. The van der Waals surface area contributed by atoms with Crippen LogP contribution in [0.4, 0.5) is 0 Å². The van der Waals surface area contributed by atoms with Gasteiger partial charge in [0.05, 0.1) is 0 Å². The summed E-state index contributed by atoms with van der Waals surface area (Å²) in [7, 11) is 3.73. The zero-order valence-electron chi connectivity index (χ0n) is 8.56. The van der Waals surface area contributed by atoms with Crippen molar-refractivity contribution < 1.29 is 4.79 Å². The summed E-state index contributed by atoms with van der Waals surface area (Å²) < 4.78 is 0. The van der Waals surface area contributed by atoms with Crippen molar-refractivity contribution in [2.45, 2.75) is 0 Å². The first kappa shape index (κ1) is 10.7. The average molecular weight is 244 g/mol. The summed E-state index contributed by atoms with van der Waals surface area (Å²) in [4.78, 5) is 15.6. The van der Waals surface area contributed by atoms with E-state index in [1.807, 2.05) is 7.05 Å². The van der Waals surface area contributed by atoms with Gasteiger partial charge in [0.1, 0.15) is 10.7 Å². The SMILES string of the molecule is CN1CCSC1=C1C(=O)N(N)C(=S)N1C. The molecule has 0 atom stereocenters. The van der Waals surface area contributed by atoms with Gasteiger partial charge in [-0.1, -0.05) is 0 Å². The Labute approximate surface area is 97.8 Å². The van der Waals surface area contributed by atoms with E-state index in [-0.39, 0.29) is 5.91 Å². The highest BCUT2D eigenvalue weighted by molar-refractivity contribution is 8.03. The fourth-order valence-corrected chi connectivity index (χ4v) is 2.98. The van der Waals surface area contributed by atoms with Gasteiger partial charge in [-0.25, -0.2) is 10.9 Å². The zero-order chi connectivity index (χ0) is 11.2. The molecular weight excluding hydrogens is 232 g/mol. The molecule has 2 aliphatic rings. The smallest absolute Gasteiger partial charge is 0.293 e. The molecule has 82 valence electrons. The first-order valence-electron chi connectivity index (χ1n) is 4.49. The molecule has 15 heavy (non-hydrogen) atoms. The molecule has 0 saturated carbocycles. The fourth-order valence-electron chi connectivity index (χ4n) is 1.58. The molecule has 0 unspecified atom stereocenters. The monoisotopic (exact) mass is 244 g/mol. The number of thiocarbonyl (C=S) groups is 1. The predicted octanol–water partition coefficient (Wildman–Crippen LogP) is -0.233. The highest BCUT2D eigenvalue weighted by Crippen LogP contribution is 2.33. The van der Waals surface area contributed by atoms with E-state index in [0.29, 0.717) is 10.8 Å². The van der Waals surface area contributed by atoms with Crippen LogP contribution in [0.3, 0.4) is 0 Å². The van der Waals surface area contributed by atoms with Crippen molar-refractivity contribution in [1.29, 1.82) is 0 Å². The molecule has 2 saturated heterocycles. The van der Waals surface area contributed by atoms with Crippen LogP contribution >= 0.6 is 24.0 Å². The van der Waals surface area contributed by atoms with Crippen LogP contribution in [-0.4, -0.2) is 52.2 Å². The summed E-state index contributed by atoms with van der Waals surface area (Å²) in [5.74, 6) is 6.33. The second-order valence-electron chi connectivity index (χ2n) is 3.44. The third-order valence-electron chi connectivity index (χ3n) is 2.46. The zero-order valence-corrected chi connectivity index (χ0v) is 10.2. The number of nitrogens with zero attached hydrogens (tertiary/aromatic N) is 3. The number of likely N-dealkylation sites (N-methyl/N-ethyl adjacent to an activating group) is 1. The Bertz CT molecular complexity index is 368. The number of hydrogen-bond acceptors (Lipinski definition) is 5. The Morgan fingerprint density at radius 1 is 1.47 bits per heavy atom. The molecule has 0 radical (unpaired) electrons. The maximum absolute atomic E-state index is 11.8. The molecule has 1 amide bonds. The van der Waals surface area contributed by atoms with Crippen LogP contribution in [0.25, 0.3) is 0 Å². The number of rotatable bonds is 0. The minimum absolute atomic E-state index is 0.223. The van der Waals surface area contributed by atoms with Crippen molar-refractivity contribution in [3.63, 3.8) is 0 Å². The van der Waals surface area contributed by atoms with Crippen LogP contribution in [-0.2, 0) is 4.79 Å². The van der Waals surface area contributed by atoms with E-state index in [1.54, 1.807) is 23.7 Å². The van der Waals surface area contributed by atoms with Crippen LogP contribution < -0.4 is 5.84 Å². The molecule has 5 nitrogen and oxygen atoms in total. The molecule has 2 rings (SSSR count). The lowest BCUT2D eigenvalue weighted by Crippen LogP contribution is -2.37. The van der Waals surface area contributed by atoms with Gasteiger partial charge < -0.3 is 9.80 Å². The number of hydrazine groups is 1. The molecule has 7 heteroatoms. The van der Waals surface area contributed by atoms with E-state index in [4.69, 9.17) is 18.1 Å². The summed E-state index contributed by atoms with van der Waals surface area (Å²) in [6.07, 6.45) is 0. The summed E-state index contributed by atoms with van der Waals surface area (Å²) in [5.41, 5.74) is 0.590. The van der Waals surface area contributed by atoms with E-state index in [9.17, 15) is 4.79 Å². The highest BCUT2D eigenvalue weighted by Gasteiger charge is 2.38. The topological polar surface area (TPSA) is 52.8 Å². The summed E-state index contributed by atoms with van der Waals surface area (Å²) in [6, 6.07) is 0. The van der Waals surface area contributed by atoms with Gasteiger partial charge in [-0.2, -0.15) is 0 Å². The van der Waals surface area contributed by atoms with Crippen LogP contribution in [0.1, 0.15) is 0 Å². The quantitative estimate of drug-likeness (QED) is 0.275. The summed E-state index contributed by atoms with van der Waals surface area (Å²) >= 11 is 6.70. The van der Waals surface area contributed by atoms with Gasteiger partial charge in [-0.05, 0) is 12.2 Å². The van der Waals surface area contributed by atoms with Gasteiger partial charge in [0, 0.05) is 26.4 Å². The number of thioether (sulfide) groups is 1. The Morgan fingerprint density at radius 2 is 2.13 bits per heavy atom. The first-order valence-corrected chi connectivity index (χ1v) is 5.88. The molecule has 0 spiro atoms. The first-order chi connectivity index (χ1) is 7.04. The van der Waals surface area contributed by atoms with E-state index in [1.165, 1.54) is 0 Å². The molecule has 2 aliphatic heterocycles. The Kier molecular flexibility index (Phi) is 2.61. The number of carbonyl (C=O) groups excluding carboxylic acids is 1. The van der Waals surface area contributed by atoms with Gasteiger partial charge in [0.2, 0.25) is 0 Å². The lowest BCUT2D eigenvalue weighted by atomic mass is 10.4. The van der Waals surface area contributed by atoms with Crippen LogP contribution in [0, 0.1) is 0 Å². The van der Waals surface area contributed by atoms with E-state index in [2.05, 4.69) is 4.90 Å². The molecule has 0 aromatic carbocycles. The van der Waals surface area contributed by atoms with Gasteiger partial charge in [-0.15, -0.1) is 11.8 Å². The summed E-state index contributed by atoms with van der Waals surface area (Å²) in [6.45, 7) is 0.946. The van der Waals surface area contributed by atoms with Crippen molar-refractivity contribution in [2.75, 3.05) is 26.4 Å². The predicted molar refractivity (Wildman–Crippen MR) is 63.5 cm³/mol. The largest absolute Gasteiger partial charge is 0.367 e. The van der Waals surface area contributed by atoms with Gasteiger partial charge in [0.15, 0.2) is 5.11 Å². The lowest BCUT2D eigenvalue weighted by molar-refractivity contribution is -0.122. The molecule has 2 heterocycles. The standard InChI is InChI=1S/C8H12N4OS2/c1-10-3-4-15-7(10)5-6(13)12(9)8(14)11(5)2/h3-4,9H2,1-2H3. The van der Waals surface area contributed by atoms with Crippen LogP contribution in [0.2, 0.25) is 0 Å². The van der Waals surface area contributed by atoms with E-state index < -0.39 is 0 Å². The van der Waals surface area contributed by atoms with Gasteiger partial charge in [-0.3, -0.25) is 4.79 Å².